The summed E-state index contributed by atoms with van der Waals surface area (Å²) in [5.41, 5.74) is 3.10. The molecule has 1 aliphatic rings. The average molecular weight is 458 g/mol. The van der Waals surface area contributed by atoms with Gasteiger partial charge in [-0.2, -0.15) is 10.1 Å². The fourth-order valence-corrected chi connectivity index (χ4v) is 3.69. The second kappa shape index (κ2) is 10.9. The monoisotopic (exact) mass is 457 g/mol. The van der Waals surface area contributed by atoms with Crippen LogP contribution in [0.15, 0.2) is 73.4 Å². The summed E-state index contributed by atoms with van der Waals surface area (Å²) in [6.45, 7) is 10.6. The van der Waals surface area contributed by atoms with E-state index in [1.165, 1.54) is 12.5 Å². The van der Waals surface area contributed by atoms with Crippen LogP contribution in [0.1, 0.15) is 32.1 Å². The average Bonchev–Trinajstić information content (AvgIpc) is 3.39. The van der Waals surface area contributed by atoms with Crippen molar-refractivity contribution in [3.05, 3.63) is 79.0 Å². The van der Waals surface area contributed by atoms with Crippen LogP contribution in [-0.2, 0) is 4.74 Å². The van der Waals surface area contributed by atoms with Crippen molar-refractivity contribution < 1.29 is 11.0 Å². The largest absolute Gasteiger partial charge is 0.378 e. The highest BCUT2D eigenvalue weighted by atomic mass is 16.5. The molecule has 0 unspecified atom stereocenters. The van der Waals surface area contributed by atoms with Crippen LogP contribution >= 0.6 is 0 Å². The summed E-state index contributed by atoms with van der Waals surface area (Å²) < 4.78 is 7.18. The summed E-state index contributed by atoms with van der Waals surface area (Å²) in [5, 5.41) is 5.57. The Morgan fingerprint density at radius 3 is 2.53 bits per heavy atom. The van der Waals surface area contributed by atoms with E-state index < -0.39 is 0 Å². The molecule has 0 N–H and O–H groups in total. The van der Waals surface area contributed by atoms with E-state index in [0.717, 1.165) is 35.6 Å². The zero-order chi connectivity index (χ0) is 23.9. The minimum Gasteiger partial charge on any atom is -0.378 e. The molecule has 0 aliphatic carbocycles. The predicted molar refractivity (Wildman–Crippen MR) is 138 cm³/mol. The standard InChI is InChI=1S/C24H21N5O2.C3H8.H2/c1-2-22(30)18-8-9-19-21(16-18)25-24(26-23(19)28-12-14-31-15-13-28)29-11-10-20(27-29)17-6-4-3-5-7-17;1-3-2;/h2-11,16H,1,12-15H2;3H2,1-2H3;1H. The molecule has 4 aromatic rings. The Hall–Kier alpha value is -3.84. The third-order valence-electron chi connectivity index (χ3n) is 5.31. The third-order valence-corrected chi connectivity index (χ3v) is 5.31. The molecule has 0 amide bonds. The van der Waals surface area contributed by atoms with Gasteiger partial charge in [0.2, 0.25) is 0 Å². The van der Waals surface area contributed by atoms with Crippen LogP contribution in [0.25, 0.3) is 28.1 Å². The summed E-state index contributed by atoms with van der Waals surface area (Å²) in [7, 11) is 0. The highest BCUT2D eigenvalue weighted by Gasteiger charge is 2.19. The van der Waals surface area contributed by atoms with Gasteiger partial charge in [0.15, 0.2) is 5.78 Å². The van der Waals surface area contributed by atoms with E-state index in [9.17, 15) is 4.79 Å². The number of benzene rings is 2. The number of rotatable bonds is 5. The van der Waals surface area contributed by atoms with Gasteiger partial charge in [-0.1, -0.05) is 63.2 Å². The molecule has 7 heteroatoms. The molecule has 0 saturated carbocycles. The van der Waals surface area contributed by atoms with Gasteiger partial charge in [0.1, 0.15) is 5.82 Å². The molecule has 34 heavy (non-hydrogen) atoms. The van der Waals surface area contributed by atoms with Crippen molar-refractivity contribution in [2.24, 2.45) is 0 Å². The van der Waals surface area contributed by atoms with Crippen molar-refractivity contribution in [2.45, 2.75) is 20.3 Å². The Morgan fingerprint density at radius 1 is 1.09 bits per heavy atom. The zero-order valence-corrected chi connectivity index (χ0v) is 19.6. The first-order chi connectivity index (χ1) is 16.6. The van der Waals surface area contributed by atoms with Crippen molar-refractivity contribution >= 4 is 22.5 Å². The van der Waals surface area contributed by atoms with E-state index in [1.807, 2.05) is 48.7 Å². The first-order valence-corrected chi connectivity index (χ1v) is 11.6. The Balaban J connectivity index is 0.000000815. The zero-order valence-electron chi connectivity index (χ0n) is 19.6. The SMILES string of the molecule is C=CC(=O)c1ccc2c(N3CCOCC3)nc(-n3ccc(-c4ccccc4)n3)nc2c1.CCC.[HH]. The second-order valence-corrected chi connectivity index (χ2v) is 7.97. The van der Waals surface area contributed by atoms with Crippen LogP contribution in [0.3, 0.4) is 0 Å². The number of ether oxygens (including phenoxy) is 1. The van der Waals surface area contributed by atoms with E-state index >= 15 is 0 Å². The lowest BCUT2D eigenvalue weighted by Gasteiger charge is -2.29. The van der Waals surface area contributed by atoms with Crippen molar-refractivity contribution in [2.75, 3.05) is 31.2 Å². The quantitative estimate of drug-likeness (QED) is 0.297. The van der Waals surface area contributed by atoms with Crippen LogP contribution in [0.2, 0.25) is 0 Å². The summed E-state index contributed by atoms with van der Waals surface area (Å²) >= 11 is 0. The number of carbonyl (C=O) groups is 1. The van der Waals surface area contributed by atoms with E-state index in [1.54, 1.807) is 16.8 Å². The molecule has 2 aromatic heterocycles. The van der Waals surface area contributed by atoms with Crippen molar-refractivity contribution in [1.82, 2.24) is 19.7 Å². The summed E-state index contributed by atoms with van der Waals surface area (Å²) in [4.78, 5) is 23.9. The number of morpholine rings is 1. The van der Waals surface area contributed by atoms with Gasteiger partial charge in [-0.15, -0.1) is 0 Å². The van der Waals surface area contributed by atoms with Gasteiger partial charge in [0.05, 0.1) is 24.4 Å². The number of hydrogen-bond acceptors (Lipinski definition) is 6. The summed E-state index contributed by atoms with van der Waals surface area (Å²) in [6, 6.07) is 17.4. The highest BCUT2D eigenvalue weighted by Crippen LogP contribution is 2.27. The molecule has 1 saturated heterocycles. The number of fused-ring (bicyclic) bond motifs is 1. The molecule has 0 atom stereocenters. The molecule has 7 nitrogen and oxygen atoms in total. The van der Waals surface area contributed by atoms with E-state index in [0.29, 0.717) is 30.2 Å². The second-order valence-electron chi connectivity index (χ2n) is 7.97. The first-order valence-electron chi connectivity index (χ1n) is 11.6. The van der Waals surface area contributed by atoms with Gasteiger partial charge >= 0.3 is 0 Å². The Kier molecular flexibility index (Phi) is 7.44. The molecular weight excluding hydrogens is 426 g/mol. The van der Waals surface area contributed by atoms with Gasteiger partial charge in [-0.3, -0.25) is 4.79 Å². The van der Waals surface area contributed by atoms with E-state index in [2.05, 4.69) is 30.4 Å². The Morgan fingerprint density at radius 2 is 1.82 bits per heavy atom. The molecule has 0 spiro atoms. The topological polar surface area (TPSA) is 73.1 Å². The van der Waals surface area contributed by atoms with Crippen LogP contribution in [0.5, 0.6) is 0 Å². The van der Waals surface area contributed by atoms with Gasteiger partial charge < -0.3 is 9.64 Å². The minimum absolute atomic E-state index is 0. The third kappa shape index (κ3) is 5.05. The maximum Gasteiger partial charge on any atom is 0.253 e. The lowest BCUT2D eigenvalue weighted by molar-refractivity contribution is 0.104. The predicted octanol–water partition coefficient (Wildman–Crippen LogP) is 5.35. The van der Waals surface area contributed by atoms with E-state index in [-0.39, 0.29) is 7.21 Å². The van der Waals surface area contributed by atoms with Crippen LogP contribution in [0.4, 0.5) is 5.82 Å². The number of hydrogen-bond donors (Lipinski definition) is 0. The number of carbonyl (C=O) groups excluding carboxylic acids is 1. The Bertz CT molecular complexity index is 1280. The number of allylic oxidation sites excluding steroid dienone is 1. The molecule has 3 heterocycles. The maximum atomic E-state index is 12.2. The number of ketones is 1. The van der Waals surface area contributed by atoms with Gasteiger partial charge in [-0.25, -0.2) is 9.67 Å². The van der Waals surface area contributed by atoms with Gasteiger partial charge in [-0.05, 0) is 24.3 Å². The molecule has 176 valence electrons. The summed E-state index contributed by atoms with van der Waals surface area (Å²) in [5.74, 6) is 1.14. The number of anilines is 1. The van der Waals surface area contributed by atoms with Gasteiger partial charge in [0, 0.05) is 37.2 Å². The van der Waals surface area contributed by atoms with Crippen LogP contribution in [-0.4, -0.2) is 51.8 Å². The van der Waals surface area contributed by atoms with Crippen molar-refractivity contribution in [3.63, 3.8) is 0 Å². The van der Waals surface area contributed by atoms with Crippen molar-refractivity contribution in [1.29, 1.82) is 0 Å². The van der Waals surface area contributed by atoms with Gasteiger partial charge in [0.25, 0.3) is 5.95 Å². The molecular formula is C27H31N5O2. The molecule has 1 fully saturated rings. The lowest BCUT2D eigenvalue weighted by atomic mass is 10.1. The Labute approximate surface area is 201 Å². The highest BCUT2D eigenvalue weighted by molar-refractivity contribution is 6.06. The van der Waals surface area contributed by atoms with E-state index in [4.69, 9.17) is 14.7 Å². The molecule has 0 radical (unpaired) electrons. The smallest absolute Gasteiger partial charge is 0.253 e. The fraction of sp³-hybridized carbons (Fsp3) is 0.259. The minimum atomic E-state index is -0.138. The summed E-state index contributed by atoms with van der Waals surface area (Å²) in [6.07, 6.45) is 4.41. The van der Waals surface area contributed by atoms with Crippen molar-refractivity contribution in [3.8, 4) is 17.2 Å². The first kappa shape index (κ1) is 23.3. The van der Waals surface area contributed by atoms with Crippen LogP contribution in [0, 0.1) is 0 Å². The molecule has 1 aliphatic heterocycles. The molecule has 2 aromatic carbocycles. The number of nitrogens with zero attached hydrogens (tertiary/aromatic N) is 5. The maximum absolute atomic E-state index is 12.2. The fourth-order valence-electron chi connectivity index (χ4n) is 3.69. The van der Waals surface area contributed by atoms with Crippen LogP contribution < -0.4 is 4.90 Å². The molecule has 0 bridgehead atoms. The number of aromatic nitrogens is 4. The normalized spacial score (nSPS) is 13.3. The molecule has 5 rings (SSSR count). The lowest BCUT2D eigenvalue weighted by Crippen LogP contribution is -2.37.